The maximum atomic E-state index is 12.7. The van der Waals surface area contributed by atoms with E-state index in [1.165, 1.54) is 12.8 Å². The standard InChI is InChI=1S/C18H29N3O2/c1-2-17(15-22)21(13-16-9-5-6-10-19-16)14-18(23)20-11-7-3-4-8-12-20/h5-6,9-10,17,22H,2-4,7-8,11-15H2,1H3. The fraction of sp³-hybridized carbons (Fsp3) is 0.667. The van der Waals surface area contributed by atoms with Gasteiger partial charge in [0.15, 0.2) is 0 Å². The molecule has 1 aliphatic heterocycles. The molecule has 1 N–H and O–H groups in total. The molecule has 1 aromatic heterocycles. The van der Waals surface area contributed by atoms with Crippen LogP contribution < -0.4 is 0 Å². The average Bonchev–Trinajstić information content (AvgIpc) is 2.86. The molecule has 1 aliphatic rings. The molecule has 2 rings (SSSR count). The van der Waals surface area contributed by atoms with Gasteiger partial charge in [-0.15, -0.1) is 0 Å². The molecular weight excluding hydrogens is 290 g/mol. The Morgan fingerprint density at radius 2 is 2.04 bits per heavy atom. The summed E-state index contributed by atoms with van der Waals surface area (Å²) in [5, 5.41) is 9.66. The van der Waals surface area contributed by atoms with Crippen LogP contribution in [-0.4, -0.2) is 58.1 Å². The summed E-state index contributed by atoms with van der Waals surface area (Å²) >= 11 is 0. The van der Waals surface area contributed by atoms with Crippen molar-refractivity contribution in [1.29, 1.82) is 0 Å². The van der Waals surface area contributed by atoms with Gasteiger partial charge in [-0.25, -0.2) is 0 Å². The van der Waals surface area contributed by atoms with Crippen molar-refractivity contribution < 1.29 is 9.90 Å². The number of nitrogens with zero attached hydrogens (tertiary/aromatic N) is 3. The molecule has 5 heteroatoms. The molecule has 5 nitrogen and oxygen atoms in total. The number of aromatic nitrogens is 1. The SMILES string of the molecule is CCC(CO)N(CC(=O)N1CCCCCC1)Cc1ccccn1. The predicted molar refractivity (Wildman–Crippen MR) is 90.9 cm³/mol. The highest BCUT2D eigenvalue weighted by atomic mass is 16.3. The Hall–Kier alpha value is -1.46. The van der Waals surface area contributed by atoms with E-state index in [0.717, 1.165) is 38.0 Å². The monoisotopic (exact) mass is 319 g/mol. The maximum Gasteiger partial charge on any atom is 0.236 e. The minimum absolute atomic E-state index is 0.00654. The Labute approximate surface area is 139 Å². The first-order valence-corrected chi connectivity index (χ1v) is 8.77. The lowest BCUT2D eigenvalue weighted by molar-refractivity contribution is -0.133. The molecule has 0 aliphatic carbocycles. The molecule has 23 heavy (non-hydrogen) atoms. The number of rotatable bonds is 7. The first-order chi connectivity index (χ1) is 11.2. The van der Waals surface area contributed by atoms with E-state index in [0.29, 0.717) is 13.1 Å². The molecule has 1 amide bonds. The van der Waals surface area contributed by atoms with Gasteiger partial charge in [-0.1, -0.05) is 25.8 Å². The van der Waals surface area contributed by atoms with E-state index in [4.69, 9.17) is 0 Å². The van der Waals surface area contributed by atoms with Crippen molar-refractivity contribution in [2.45, 2.75) is 51.6 Å². The summed E-state index contributed by atoms with van der Waals surface area (Å²) in [5.41, 5.74) is 0.933. The van der Waals surface area contributed by atoms with Crippen LogP contribution in [0.1, 0.15) is 44.7 Å². The lowest BCUT2D eigenvalue weighted by Gasteiger charge is -2.31. The third-order valence-electron chi connectivity index (χ3n) is 4.59. The Balaban J connectivity index is 2.02. The van der Waals surface area contributed by atoms with Gasteiger partial charge in [0.1, 0.15) is 0 Å². The molecule has 1 unspecified atom stereocenters. The van der Waals surface area contributed by atoms with Crippen molar-refractivity contribution in [2.75, 3.05) is 26.2 Å². The van der Waals surface area contributed by atoms with E-state index in [2.05, 4.69) is 9.88 Å². The Morgan fingerprint density at radius 3 is 2.61 bits per heavy atom. The second-order valence-corrected chi connectivity index (χ2v) is 6.27. The average molecular weight is 319 g/mol. The van der Waals surface area contributed by atoms with Crippen LogP contribution in [0.2, 0.25) is 0 Å². The van der Waals surface area contributed by atoms with Gasteiger partial charge in [-0.3, -0.25) is 14.7 Å². The number of likely N-dealkylation sites (tertiary alicyclic amines) is 1. The minimum Gasteiger partial charge on any atom is -0.395 e. The normalized spacial score (nSPS) is 17.1. The molecule has 0 spiro atoms. The molecule has 0 saturated carbocycles. The highest BCUT2D eigenvalue weighted by Gasteiger charge is 2.23. The zero-order valence-electron chi connectivity index (χ0n) is 14.2. The van der Waals surface area contributed by atoms with Crippen molar-refractivity contribution in [3.63, 3.8) is 0 Å². The Bertz CT molecular complexity index is 455. The number of hydrogen-bond acceptors (Lipinski definition) is 4. The number of carbonyl (C=O) groups excluding carboxylic acids is 1. The first-order valence-electron chi connectivity index (χ1n) is 8.77. The highest BCUT2D eigenvalue weighted by Crippen LogP contribution is 2.13. The molecule has 1 aromatic rings. The van der Waals surface area contributed by atoms with Crippen molar-refractivity contribution in [3.8, 4) is 0 Å². The van der Waals surface area contributed by atoms with Crippen LogP contribution >= 0.6 is 0 Å². The van der Waals surface area contributed by atoms with Gasteiger partial charge in [0.2, 0.25) is 5.91 Å². The Kier molecular flexibility index (Phi) is 7.49. The van der Waals surface area contributed by atoms with Crippen molar-refractivity contribution in [3.05, 3.63) is 30.1 Å². The van der Waals surface area contributed by atoms with E-state index < -0.39 is 0 Å². The van der Waals surface area contributed by atoms with Gasteiger partial charge >= 0.3 is 0 Å². The summed E-state index contributed by atoms with van der Waals surface area (Å²) in [5.74, 6) is 0.176. The van der Waals surface area contributed by atoms with Crippen LogP contribution in [0.3, 0.4) is 0 Å². The van der Waals surface area contributed by atoms with Crippen molar-refractivity contribution in [2.24, 2.45) is 0 Å². The quantitative estimate of drug-likeness (QED) is 0.836. The number of carbonyl (C=O) groups is 1. The summed E-state index contributed by atoms with van der Waals surface area (Å²) in [4.78, 5) is 21.1. The molecule has 1 saturated heterocycles. The van der Waals surface area contributed by atoms with Crippen LogP contribution in [-0.2, 0) is 11.3 Å². The van der Waals surface area contributed by atoms with Gasteiger partial charge in [-0.2, -0.15) is 0 Å². The second kappa shape index (κ2) is 9.63. The molecule has 0 aromatic carbocycles. The van der Waals surface area contributed by atoms with Gasteiger partial charge in [0.05, 0.1) is 18.8 Å². The zero-order valence-corrected chi connectivity index (χ0v) is 14.2. The number of amides is 1. The molecule has 1 fully saturated rings. The molecule has 1 atom stereocenters. The molecular formula is C18H29N3O2. The number of hydrogen-bond donors (Lipinski definition) is 1. The fourth-order valence-electron chi connectivity index (χ4n) is 3.11. The Morgan fingerprint density at radius 1 is 1.30 bits per heavy atom. The van der Waals surface area contributed by atoms with Gasteiger partial charge < -0.3 is 10.0 Å². The van der Waals surface area contributed by atoms with E-state index in [9.17, 15) is 9.90 Å². The molecule has 0 radical (unpaired) electrons. The van der Waals surface area contributed by atoms with Crippen LogP contribution in [0, 0.1) is 0 Å². The van der Waals surface area contributed by atoms with Gasteiger partial charge in [-0.05, 0) is 31.4 Å². The van der Waals surface area contributed by atoms with E-state index >= 15 is 0 Å². The van der Waals surface area contributed by atoms with E-state index in [1.807, 2.05) is 30.0 Å². The number of aliphatic hydroxyl groups excluding tert-OH is 1. The summed E-state index contributed by atoms with van der Waals surface area (Å²) in [6, 6.07) is 5.80. The van der Waals surface area contributed by atoms with Gasteiger partial charge in [0.25, 0.3) is 0 Å². The lowest BCUT2D eigenvalue weighted by atomic mass is 10.2. The molecule has 128 valence electrons. The van der Waals surface area contributed by atoms with Crippen molar-refractivity contribution in [1.82, 2.24) is 14.8 Å². The first kappa shape index (κ1) is 17.9. The predicted octanol–water partition coefficient (Wildman–Crippen LogP) is 2.06. The largest absolute Gasteiger partial charge is 0.395 e. The topological polar surface area (TPSA) is 56.7 Å². The molecule has 2 heterocycles. The van der Waals surface area contributed by atoms with Crippen LogP contribution in [0.25, 0.3) is 0 Å². The maximum absolute atomic E-state index is 12.7. The zero-order chi connectivity index (χ0) is 16.5. The second-order valence-electron chi connectivity index (χ2n) is 6.27. The van der Waals surface area contributed by atoms with Crippen LogP contribution in [0.5, 0.6) is 0 Å². The lowest BCUT2D eigenvalue weighted by Crippen LogP contribution is -2.45. The van der Waals surface area contributed by atoms with Gasteiger partial charge in [0, 0.05) is 31.9 Å². The van der Waals surface area contributed by atoms with E-state index in [-0.39, 0.29) is 18.6 Å². The van der Waals surface area contributed by atoms with Crippen LogP contribution in [0.4, 0.5) is 0 Å². The van der Waals surface area contributed by atoms with E-state index in [1.54, 1.807) is 6.20 Å². The third kappa shape index (κ3) is 5.59. The smallest absolute Gasteiger partial charge is 0.236 e. The fourth-order valence-corrected chi connectivity index (χ4v) is 3.11. The summed E-state index contributed by atoms with van der Waals surface area (Å²) < 4.78 is 0. The van der Waals surface area contributed by atoms with Crippen molar-refractivity contribution >= 4 is 5.91 Å². The molecule has 0 bridgehead atoms. The number of aliphatic hydroxyl groups is 1. The summed E-state index contributed by atoms with van der Waals surface area (Å²) in [7, 11) is 0. The number of pyridine rings is 1. The minimum atomic E-state index is -0.00654. The van der Waals surface area contributed by atoms with Crippen LogP contribution in [0.15, 0.2) is 24.4 Å². The summed E-state index contributed by atoms with van der Waals surface area (Å²) in [6.45, 7) is 4.80. The highest BCUT2D eigenvalue weighted by molar-refractivity contribution is 5.78. The summed E-state index contributed by atoms with van der Waals surface area (Å²) in [6.07, 6.45) is 7.22. The third-order valence-corrected chi connectivity index (χ3v) is 4.59.